The number of esters is 1. The van der Waals surface area contributed by atoms with E-state index in [1.165, 1.54) is 0 Å². The van der Waals surface area contributed by atoms with Crippen LogP contribution in [0.2, 0.25) is 0 Å². The normalized spacial score (nSPS) is 15.2. The third kappa shape index (κ3) is 4.72. The Morgan fingerprint density at radius 3 is 2.48 bits per heavy atom. The van der Waals surface area contributed by atoms with Crippen LogP contribution in [0.1, 0.15) is 42.3 Å². The minimum Gasteiger partial charge on any atom is -0.469 e. The molecule has 0 radical (unpaired) electrons. The highest BCUT2D eigenvalue weighted by Gasteiger charge is 2.22. The highest BCUT2D eigenvalue weighted by Crippen LogP contribution is 2.22. The maximum Gasteiger partial charge on any atom is 0.306 e. The minimum atomic E-state index is -0.166. The summed E-state index contributed by atoms with van der Waals surface area (Å²) in [5.74, 6) is 0.716. The number of benzene rings is 1. The summed E-state index contributed by atoms with van der Waals surface area (Å²) in [6.07, 6.45) is 4.16. The maximum absolute atomic E-state index is 11.9. The first kappa shape index (κ1) is 17.3. The molecule has 0 N–H and O–H groups in total. The summed E-state index contributed by atoms with van der Waals surface area (Å²) in [4.78, 5) is 25.5. The third-order valence-electron chi connectivity index (χ3n) is 4.53. The average Bonchev–Trinajstić information content (AvgIpc) is 3.14. The first-order valence-corrected chi connectivity index (χ1v) is 8.69. The molecule has 0 atom stereocenters. The van der Waals surface area contributed by atoms with E-state index in [0.29, 0.717) is 12.8 Å². The topological polar surface area (TPSA) is 59.8 Å². The number of anilines is 1. The van der Waals surface area contributed by atoms with Gasteiger partial charge in [-0.15, -0.1) is 0 Å². The van der Waals surface area contributed by atoms with Crippen LogP contribution in [0, 0.1) is 0 Å². The first-order valence-electron chi connectivity index (χ1n) is 8.69. The summed E-state index contributed by atoms with van der Waals surface area (Å²) in [5, 5.41) is 0. The zero-order valence-corrected chi connectivity index (χ0v) is 14.4. The second-order valence-corrected chi connectivity index (χ2v) is 6.36. The van der Waals surface area contributed by atoms with Gasteiger partial charge in [0.25, 0.3) is 0 Å². The van der Waals surface area contributed by atoms with E-state index >= 15 is 0 Å². The second kappa shape index (κ2) is 8.01. The molecule has 1 aliphatic rings. The lowest BCUT2D eigenvalue weighted by Crippen LogP contribution is -2.37. The van der Waals surface area contributed by atoms with Gasteiger partial charge in [0.1, 0.15) is 11.9 Å². The number of aryl methyl sites for hydroxylation is 1. The quantitative estimate of drug-likeness (QED) is 0.593. The van der Waals surface area contributed by atoms with E-state index in [1.807, 2.05) is 36.4 Å². The van der Waals surface area contributed by atoms with Crippen molar-refractivity contribution in [2.75, 3.05) is 18.0 Å². The molecule has 5 heteroatoms. The Balaban J connectivity index is 1.43. The summed E-state index contributed by atoms with van der Waals surface area (Å²) in [7, 11) is 0. The molecule has 3 rings (SSSR count). The molecular weight excluding hydrogens is 318 g/mol. The lowest BCUT2D eigenvalue weighted by atomic mass is 10.1. The molecular formula is C20H23NO4. The van der Waals surface area contributed by atoms with Crippen molar-refractivity contribution in [2.24, 2.45) is 0 Å². The maximum atomic E-state index is 11.9. The van der Waals surface area contributed by atoms with Crippen molar-refractivity contribution < 1.29 is 18.7 Å². The van der Waals surface area contributed by atoms with E-state index in [-0.39, 0.29) is 17.9 Å². The van der Waals surface area contributed by atoms with Crippen molar-refractivity contribution in [1.29, 1.82) is 0 Å². The number of hydrogen-bond donors (Lipinski definition) is 0. The van der Waals surface area contributed by atoms with Crippen LogP contribution in [0.4, 0.5) is 5.69 Å². The van der Waals surface area contributed by atoms with Crippen molar-refractivity contribution in [2.45, 2.75) is 38.7 Å². The molecule has 0 bridgehead atoms. The molecule has 1 aliphatic heterocycles. The standard InChI is InChI=1S/C20H23NO4/c1-15(22)16-4-6-17(7-5-16)21-12-10-19(11-13-21)25-20(23)9-8-18-3-2-14-24-18/h2-7,14,19H,8-13H2,1H3. The molecule has 0 saturated carbocycles. The SMILES string of the molecule is CC(=O)c1ccc(N2CCC(OC(=O)CCc3ccco3)CC2)cc1. The molecule has 0 unspecified atom stereocenters. The number of Topliss-reactive ketones (excluding diaryl/α,β-unsaturated/α-hetero) is 1. The molecule has 1 aromatic heterocycles. The van der Waals surface area contributed by atoms with Crippen LogP contribution in [-0.2, 0) is 16.0 Å². The third-order valence-corrected chi connectivity index (χ3v) is 4.53. The van der Waals surface area contributed by atoms with Crippen molar-refractivity contribution in [3.8, 4) is 0 Å². The molecule has 132 valence electrons. The van der Waals surface area contributed by atoms with Crippen molar-refractivity contribution in [3.63, 3.8) is 0 Å². The smallest absolute Gasteiger partial charge is 0.306 e. The average molecular weight is 341 g/mol. The number of ketones is 1. The van der Waals surface area contributed by atoms with Gasteiger partial charge in [-0.25, -0.2) is 0 Å². The summed E-state index contributed by atoms with van der Waals surface area (Å²) < 4.78 is 10.8. The lowest BCUT2D eigenvalue weighted by Gasteiger charge is -2.33. The van der Waals surface area contributed by atoms with E-state index in [1.54, 1.807) is 13.2 Å². The molecule has 1 saturated heterocycles. The number of carbonyl (C=O) groups is 2. The molecule has 1 aromatic carbocycles. The Hall–Kier alpha value is -2.56. The predicted molar refractivity (Wildman–Crippen MR) is 94.8 cm³/mol. The molecule has 25 heavy (non-hydrogen) atoms. The van der Waals surface area contributed by atoms with Crippen LogP contribution >= 0.6 is 0 Å². The Labute approximate surface area is 147 Å². The monoisotopic (exact) mass is 341 g/mol. The van der Waals surface area contributed by atoms with Crippen molar-refractivity contribution >= 4 is 17.4 Å². The van der Waals surface area contributed by atoms with Crippen molar-refractivity contribution in [3.05, 3.63) is 54.0 Å². The Morgan fingerprint density at radius 2 is 1.88 bits per heavy atom. The number of piperidine rings is 1. The van der Waals surface area contributed by atoms with Gasteiger partial charge in [0.15, 0.2) is 5.78 Å². The van der Waals surface area contributed by atoms with Gasteiger partial charge in [0, 0.05) is 43.6 Å². The number of ether oxygens (including phenoxy) is 1. The minimum absolute atomic E-state index is 0.0168. The summed E-state index contributed by atoms with van der Waals surface area (Å²) in [6, 6.07) is 11.4. The molecule has 2 heterocycles. The highest BCUT2D eigenvalue weighted by molar-refractivity contribution is 5.94. The Bertz CT molecular complexity index is 698. The van der Waals surface area contributed by atoms with Crippen LogP contribution in [-0.4, -0.2) is 30.9 Å². The lowest BCUT2D eigenvalue weighted by molar-refractivity contribution is -0.150. The summed E-state index contributed by atoms with van der Waals surface area (Å²) in [6.45, 7) is 3.26. The van der Waals surface area contributed by atoms with E-state index in [4.69, 9.17) is 9.15 Å². The van der Waals surface area contributed by atoms with Crippen LogP contribution in [0.5, 0.6) is 0 Å². The van der Waals surface area contributed by atoms with Gasteiger partial charge in [0.05, 0.1) is 12.7 Å². The van der Waals surface area contributed by atoms with Gasteiger partial charge in [0.2, 0.25) is 0 Å². The van der Waals surface area contributed by atoms with Gasteiger partial charge in [-0.1, -0.05) is 0 Å². The highest BCUT2D eigenvalue weighted by atomic mass is 16.5. The van der Waals surface area contributed by atoms with Crippen molar-refractivity contribution in [1.82, 2.24) is 0 Å². The zero-order chi connectivity index (χ0) is 17.6. The van der Waals surface area contributed by atoms with Gasteiger partial charge in [-0.2, -0.15) is 0 Å². The largest absolute Gasteiger partial charge is 0.469 e. The summed E-state index contributed by atoms with van der Waals surface area (Å²) >= 11 is 0. The van der Waals surface area contributed by atoms with Gasteiger partial charge in [-0.05, 0) is 43.3 Å². The van der Waals surface area contributed by atoms with Crippen LogP contribution in [0.3, 0.4) is 0 Å². The molecule has 1 fully saturated rings. The Morgan fingerprint density at radius 1 is 1.16 bits per heavy atom. The number of nitrogens with zero attached hydrogens (tertiary/aromatic N) is 1. The second-order valence-electron chi connectivity index (χ2n) is 6.36. The molecule has 0 amide bonds. The number of carbonyl (C=O) groups excluding carboxylic acids is 2. The number of hydrogen-bond acceptors (Lipinski definition) is 5. The summed E-state index contributed by atoms with van der Waals surface area (Å²) in [5.41, 5.74) is 1.83. The Kier molecular flexibility index (Phi) is 5.53. The molecule has 2 aromatic rings. The first-order chi connectivity index (χ1) is 12.1. The molecule has 0 spiro atoms. The molecule has 0 aliphatic carbocycles. The fourth-order valence-corrected chi connectivity index (χ4v) is 3.06. The van der Waals surface area contributed by atoms with E-state index in [2.05, 4.69) is 4.90 Å². The number of rotatable bonds is 6. The number of furan rings is 1. The van der Waals surface area contributed by atoms with E-state index in [0.717, 1.165) is 42.9 Å². The zero-order valence-electron chi connectivity index (χ0n) is 14.4. The van der Waals surface area contributed by atoms with E-state index < -0.39 is 0 Å². The van der Waals surface area contributed by atoms with E-state index in [9.17, 15) is 9.59 Å². The van der Waals surface area contributed by atoms with Crippen LogP contribution < -0.4 is 4.90 Å². The predicted octanol–water partition coefficient (Wildman–Crippen LogP) is 3.63. The fourth-order valence-electron chi connectivity index (χ4n) is 3.06. The van der Waals surface area contributed by atoms with Gasteiger partial charge >= 0.3 is 5.97 Å². The fraction of sp³-hybridized carbons (Fsp3) is 0.400. The van der Waals surface area contributed by atoms with Crippen LogP contribution in [0.25, 0.3) is 0 Å². The van der Waals surface area contributed by atoms with Gasteiger partial charge < -0.3 is 14.1 Å². The van der Waals surface area contributed by atoms with Gasteiger partial charge in [-0.3, -0.25) is 9.59 Å². The molecule has 5 nitrogen and oxygen atoms in total. The van der Waals surface area contributed by atoms with Crippen LogP contribution in [0.15, 0.2) is 47.1 Å².